The summed E-state index contributed by atoms with van der Waals surface area (Å²) >= 11 is 0. The molecule has 5 heteroatoms. The van der Waals surface area contributed by atoms with Crippen molar-refractivity contribution in [3.8, 4) is 0 Å². The lowest BCUT2D eigenvalue weighted by Gasteiger charge is -2.19. The Labute approximate surface area is 102 Å². The van der Waals surface area contributed by atoms with Gasteiger partial charge in [-0.15, -0.1) is 0 Å². The lowest BCUT2D eigenvalue weighted by molar-refractivity contribution is -0.154. The van der Waals surface area contributed by atoms with Crippen molar-refractivity contribution >= 4 is 11.9 Å². The first-order chi connectivity index (χ1) is 7.88. The van der Waals surface area contributed by atoms with Gasteiger partial charge in [-0.3, -0.25) is 9.59 Å². The molecule has 0 saturated carbocycles. The second kappa shape index (κ2) is 6.00. The van der Waals surface area contributed by atoms with Crippen LogP contribution in [0.2, 0.25) is 0 Å². The lowest BCUT2D eigenvalue weighted by atomic mass is 10.2. The molecule has 0 spiro atoms. The topological polar surface area (TPSA) is 67.4 Å². The summed E-state index contributed by atoms with van der Waals surface area (Å²) in [5, 5.41) is 5.84. The van der Waals surface area contributed by atoms with Gasteiger partial charge in [-0.2, -0.15) is 0 Å². The van der Waals surface area contributed by atoms with E-state index < -0.39 is 5.60 Å². The standard InChI is InChI=1S/C12H22N2O3/c1-12(2,3)17-10(15)6-8-14-11(16)9-5-4-7-13-9/h9,13H,4-8H2,1-3H3,(H,14,16). The predicted molar refractivity (Wildman–Crippen MR) is 64.5 cm³/mol. The van der Waals surface area contributed by atoms with Gasteiger partial charge in [-0.25, -0.2) is 0 Å². The van der Waals surface area contributed by atoms with Crippen LogP contribution in [0, 0.1) is 0 Å². The fraction of sp³-hybridized carbons (Fsp3) is 0.833. The molecule has 1 rings (SSSR count). The fourth-order valence-electron chi connectivity index (χ4n) is 1.71. The van der Waals surface area contributed by atoms with E-state index in [-0.39, 0.29) is 24.3 Å². The highest BCUT2D eigenvalue weighted by Gasteiger charge is 2.22. The van der Waals surface area contributed by atoms with E-state index in [1.54, 1.807) is 0 Å². The molecule has 5 nitrogen and oxygen atoms in total. The Balaban J connectivity index is 2.14. The van der Waals surface area contributed by atoms with Crippen molar-refractivity contribution in [3.63, 3.8) is 0 Å². The Morgan fingerprint density at radius 3 is 2.65 bits per heavy atom. The Morgan fingerprint density at radius 2 is 2.12 bits per heavy atom. The summed E-state index contributed by atoms with van der Waals surface area (Å²) in [6.07, 6.45) is 2.12. The van der Waals surface area contributed by atoms with Gasteiger partial charge in [-0.1, -0.05) is 0 Å². The molecule has 1 saturated heterocycles. The minimum absolute atomic E-state index is 0.0222. The van der Waals surface area contributed by atoms with Crippen LogP contribution in [-0.4, -0.2) is 36.6 Å². The van der Waals surface area contributed by atoms with E-state index in [0.717, 1.165) is 19.4 Å². The van der Waals surface area contributed by atoms with Crippen molar-refractivity contribution in [1.29, 1.82) is 0 Å². The largest absolute Gasteiger partial charge is 0.460 e. The zero-order valence-corrected chi connectivity index (χ0v) is 10.8. The molecule has 1 atom stereocenters. The van der Waals surface area contributed by atoms with Crippen molar-refractivity contribution < 1.29 is 14.3 Å². The number of carbonyl (C=O) groups is 2. The van der Waals surface area contributed by atoms with Crippen molar-refractivity contribution in [1.82, 2.24) is 10.6 Å². The van der Waals surface area contributed by atoms with Crippen LogP contribution in [0.5, 0.6) is 0 Å². The Bertz CT molecular complexity index is 278. The van der Waals surface area contributed by atoms with Gasteiger partial charge in [0.05, 0.1) is 12.5 Å². The van der Waals surface area contributed by atoms with Gasteiger partial charge in [0, 0.05) is 6.54 Å². The maximum Gasteiger partial charge on any atom is 0.308 e. The molecular weight excluding hydrogens is 220 g/mol. The normalized spacial score (nSPS) is 20.1. The molecule has 1 amide bonds. The maximum atomic E-state index is 11.6. The minimum atomic E-state index is -0.464. The van der Waals surface area contributed by atoms with Gasteiger partial charge >= 0.3 is 5.97 Å². The van der Waals surface area contributed by atoms with E-state index in [2.05, 4.69) is 10.6 Å². The summed E-state index contributed by atoms with van der Waals surface area (Å²) < 4.78 is 5.14. The molecule has 0 aromatic heterocycles. The number of carbonyl (C=O) groups excluding carboxylic acids is 2. The molecule has 1 heterocycles. The average molecular weight is 242 g/mol. The first-order valence-corrected chi connectivity index (χ1v) is 6.11. The SMILES string of the molecule is CC(C)(C)OC(=O)CCNC(=O)C1CCCN1. The van der Waals surface area contributed by atoms with Crippen LogP contribution >= 0.6 is 0 Å². The molecule has 0 bridgehead atoms. The number of hydrogen-bond donors (Lipinski definition) is 2. The summed E-state index contributed by atoms with van der Waals surface area (Å²) in [4.78, 5) is 23.0. The van der Waals surface area contributed by atoms with Crippen molar-refractivity contribution in [2.75, 3.05) is 13.1 Å². The molecular formula is C12H22N2O3. The van der Waals surface area contributed by atoms with Gasteiger partial charge in [0.15, 0.2) is 0 Å². The monoisotopic (exact) mass is 242 g/mol. The lowest BCUT2D eigenvalue weighted by Crippen LogP contribution is -2.41. The highest BCUT2D eigenvalue weighted by atomic mass is 16.6. The van der Waals surface area contributed by atoms with Crippen molar-refractivity contribution in [2.45, 2.75) is 51.7 Å². The summed E-state index contributed by atoms with van der Waals surface area (Å²) in [6.45, 7) is 6.71. The third-order valence-electron chi connectivity index (χ3n) is 2.43. The molecule has 1 unspecified atom stereocenters. The number of hydrogen-bond acceptors (Lipinski definition) is 4. The van der Waals surface area contributed by atoms with Crippen LogP contribution in [-0.2, 0) is 14.3 Å². The van der Waals surface area contributed by atoms with Gasteiger partial charge in [-0.05, 0) is 40.2 Å². The van der Waals surface area contributed by atoms with Gasteiger partial charge < -0.3 is 15.4 Å². The van der Waals surface area contributed by atoms with E-state index in [9.17, 15) is 9.59 Å². The highest BCUT2D eigenvalue weighted by molar-refractivity contribution is 5.82. The Morgan fingerprint density at radius 1 is 1.41 bits per heavy atom. The van der Waals surface area contributed by atoms with Gasteiger partial charge in [0.25, 0.3) is 0 Å². The molecule has 0 aromatic carbocycles. The molecule has 0 radical (unpaired) electrons. The van der Waals surface area contributed by atoms with Gasteiger partial charge in [0.1, 0.15) is 5.60 Å². The first kappa shape index (κ1) is 14.0. The molecule has 1 aliphatic rings. The number of amides is 1. The number of rotatable bonds is 4. The van der Waals surface area contributed by atoms with Crippen LogP contribution < -0.4 is 10.6 Å². The highest BCUT2D eigenvalue weighted by Crippen LogP contribution is 2.08. The Hall–Kier alpha value is -1.10. The molecule has 2 N–H and O–H groups in total. The van der Waals surface area contributed by atoms with Crippen LogP contribution in [0.15, 0.2) is 0 Å². The number of nitrogens with one attached hydrogen (secondary N) is 2. The van der Waals surface area contributed by atoms with E-state index in [4.69, 9.17) is 4.74 Å². The molecule has 1 fully saturated rings. The third kappa shape index (κ3) is 5.68. The van der Waals surface area contributed by atoms with Crippen molar-refractivity contribution in [2.24, 2.45) is 0 Å². The smallest absolute Gasteiger partial charge is 0.308 e. The third-order valence-corrected chi connectivity index (χ3v) is 2.43. The fourth-order valence-corrected chi connectivity index (χ4v) is 1.71. The van der Waals surface area contributed by atoms with Gasteiger partial charge in [0.2, 0.25) is 5.91 Å². The van der Waals surface area contributed by atoms with Crippen molar-refractivity contribution in [3.05, 3.63) is 0 Å². The molecule has 0 aromatic rings. The molecule has 98 valence electrons. The first-order valence-electron chi connectivity index (χ1n) is 6.11. The van der Waals surface area contributed by atoms with E-state index >= 15 is 0 Å². The quantitative estimate of drug-likeness (QED) is 0.708. The van der Waals surface area contributed by atoms with Crippen LogP contribution in [0.3, 0.4) is 0 Å². The second-order valence-electron chi connectivity index (χ2n) is 5.28. The maximum absolute atomic E-state index is 11.6. The van der Waals surface area contributed by atoms with E-state index in [0.29, 0.717) is 6.54 Å². The zero-order chi connectivity index (χ0) is 12.9. The predicted octanol–water partition coefficient (Wildman–Crippen LogP) is 0.586. The average Bonchev–Trinajstić information content (AvgIpc) is 2.66. The summed E-state index contributed by atoms with van der Waals surface area (Å²) in [5.41, 5.74) is -0.464. The number of esters is 1. The van der Waals surface area contributed by atoms with Crippen LogP contribution in [0.1, 0.15) is 40.0 Å². The van der Waals surface area contributed by atoms with E-state index in [1.807, 2.05) is 20.8 Å². The summed E-state index contributed by atoms with van der Waals surface area (Å²) in [7, 11) is 0. The summed E-state index contributed by atoms with van der Waals surface area (Å²) in [6, 6.07) is -0.0892. The minimum Gasteiger partial charge on any atom is -0.460 e. The molecule has 1 aliphatic heterocycles. The Kier molecular flexibility index (Phi) is 4.93. The summed E-state index contributed by atoms with van der Waals surface area (Å²) in [5.74, 6) is -0.303. The molecule has 0 aliphatic carbocycles. The molecule has 17 heavy (non-hydrogen) atoms. The van der Waals surface area contributed by atoms with Crippen LogP contribution in [0.4, 0.5) is 0 Å². The van der Waals surface area contributed by atoms with E-state index in [1.165, 1.54) is 0 Å². The van der Waals surface area contributed by atoms with Crippen LogP contribution in [0.25, 0.3) is 0 Å². The number of ether oxygens (including phenoxy) is 1. The zero-order valence-electron chi connectivity index (χ0n) is 10.8. The second-order valence-corrected chi connectivity index (χ2v) is 5.28.